The molecule has 4 aromatic rings. The molecule has 8 nitrogen and oxygen atoms in total. The minimum atomic E-state index is -0.243. The summed E-state index contributed by atoms with van der Waals surface area (Å²) in [6.45, 7) is 1.73. The van der Waals surface area contributed by atoms with Crippen LogP contribution >= 0.6 is 0 Å². The molecule has 8 heteroatoms. The molecular formula is C20H16N6O2. The zero-order valence-electron chi connectivity index (χ0n) is 15.0. The van der Waals surface area contributed by atoms with Crippen molar-refractivity contribution in [3.63, 3.8) is 0 Å². The number of carbonyl (C=O) groups excluding carboxylic acids is 1. The quantitative estimate of drug-likeness (QED) is 0.564. The SMILES string of the molecule is Cc1nnc(-c2ccc(NC(=O)c3cccc(-c4nccc(N)n4)c3)cc2)o1. The number of hydrogen-bond donors (Lipinski definition) is 2. The van der Waals surface area contributed by atoms with Crippen molar-refractivity contribution in [1.82, 2.24) is 20.2 Å². The Morgan fingerprint density at radius 1 is 1.04 bits per heavy atom. The Hall–Kier alpha value is -4.07. The number of amides is 1. The molecule has 0 unspecified atom stereocenters. The fraction of sp³-hybridized carbons (Fsp3) is 0.0500. The monoisotopic (exact) mass is 372 g/mol. The average Bonchev–Trinajstić information content (AvgIpc) is 3.15. The molecule has 0 bridgehead atoms. The van der Waals surface area contributed by atoms with Gasteiger partial charge in [-0.1, -0.05) is 12.1 Å². The number of aromatic nitrogens is 4. The molecule has 2 aromatic heterocycles. The van der Waals surface area contributed by atoms with Gasteiger partial charge in [0.2, 0.25) is 11.8 Å². The van der Waals surface area contributed by atoms with Gasteiger partial charge < -0.3 is 15.5 Å². The number of aryl methyl sites for hydroxylation is 1. The van der Waals surface area contributed by atoms with E-state index in [9.17, 15) is 4.79 Å². The number of nitrogen functional groups attached to an aromatic ring is 1. The van der Waals surface area contributed by atoms with Crippen molar-refractivity contribution in [2.24, 2.45) is 0 Å². The number of benzene rings is 2. The van der Waals surface area contributed by atoms with Gasteiger partial charge >= 0.3 is 0 Å². The lowest BCUT2D eigenvalue weighted by Crippen LogP contribution is -2.11. The van der Waals surface area contributed by atoms with Gasteiger partial charge in [0.1, 0.15) is 5.82 Å². The first-order chi connectivity index (χ1) is 13.6. The molecule has 0 aliphatic carbocycles. The standard InChI is InChI=1S/C20H16N6O2/c1-12-25-26-20(28-12)13-5-7-16(8-6-13)23-19(27)15-4-2-3-14(11-15)18-22-10-9-17(21)24-18/h2-11H,1H3,(H,23,27)(H2,21,22,24). The van der Waals surface area contributed by atoms with Crippen LogP contribution in [-0.2, 0) is 0 Å². The second-order valence-corrected chi connectivity index (χ2v) is 6.04. The molecule has 28 heavy (non-hydrogen) atoms. The Morgan fingerprint density at radius 3 is 2.57 bits per heavy atom. The highest BCUT2D eigenvalue weighted by Crippen LogP contribution is 2.21. The van der Waals surface area contributed by atoms with Gasteiger partial charge in [-0.05, 0) is 42.5 Å². The van der Waals surface area contributed by atoms with Crippen LogP contribution in [0.3, 0.4) is 0 Å². The highest BCUT2D eigenvalue weighted by atomic mass is 16.4. The minimum Gasteiger partial charge on any atom is -0.421 e. The molecule has 3 N–H and O–H groups in total. The van der Waals surface area contributed by atoms with E-state index in [0.29, 0.717) is 40.2 Å². The summed E-state index contributed by atoms with van der Waals surface area (Å²) in [6.07, 6.45) is 1.58. The Balaban J connectivity index is 1.51. The second-order valence-electron chi connectivity index (χ2n) is 6.04. The summed E-state index contributed by atoms with van der Waals surface area (Å²) >= 11 is 0. The highest BCUT2D eigenvalue weighted by Gasteiger charge is 2.10. The summed E-state index contributed by atoms with van der Waals surface area (Å²) in [7, 11) is 0. The number of rotatable bonds is 4. The van der Waals surface area contributed by atoms with Crippen LogP contribution in [0, 0.1) is 6.92 Å². The van der Waals surface area contributed by atoms with Crippen molar-refractivity contribution < 1.29 is 9.21 Å². The Morgan fingerprint density at radius 2 is 1.86 bits per heavy atom. The maximum absolute atomic E-state index is 12.6. The fourth-order valence-electron chi connectivity index (χ4n) is 2.62. The number of carbonyl (C=O) groups is 1. The summed E-state index contributed by atoms with van der Waals surface area (Å²) in [5.41, 5.74) is 8.33. The van der Waals surface area contributed by atoms with Crippen LogP contribution in [0.2, 0.25) is 0 Å². The van der Waals surface area contributed by atoms with Gasteiger partial charge in [0.05, 0.1) is 0 Å². The molecule has 0 saturated heterocycles. The van der Waals surface area contributed by atoms with E-state index in [1.807, 2.05) is 6.07 Å². The van der Waals surface area contributed by atoms with Gasteiger partial charge in [0.25, 0.3) is 5.91 Å². The molecule has 0 aliphatic rings. The van der Waals surface area contributed by atoms with Crippen LogP contribution in [0.5, 0.6) is 0 Å². The number of anilines is 2. The summed E-state index contributed by atoms with van der Waals surface area (Å²) in [4.78, 5) is 21.0. The third kappa shape index (κ3) is 3.70. The largest absolute Gasteiger partial charge is 0.421 e. The predicted molar refractivity (Wildman–Crippen MR) is 104 cm³/mol. The molecule has 0 saturated carbocycles. The van der Waals surface area contributed by atoms with E-state index < -0.39 is 0 Å². The van der Waals surface area contributed by atoms with Crippen LogP contribution in [0.4, 0.5) is 11.5 Å². The molecule has 0 aliphatic heterocycles. The molecule has 4 rings (SSSR count). The first kappa shape index (κ1) is 17.3. The first-order valence-corrected chi connectivity index (χ1v) is 8.49. The summed E-state index contributed by atoms with van der Waals surface area (Å²) in [6, 6.07) is 15.8. The zero-order chi connectivity index (χ0) is 19.5. The fourth-order valence-corrected chi connectivity index (χ4v) is 2.62. The van der Waals surface area contributed by atoms with Crippen molar-refractivity contribution in [3.05, 3.63) is 72.2 Å². The molecule has 0 fully saturated rings. The lowest BCUT2D eigenvalue weighted by molar-refractivity contribution is 0.102. The molecule has 1 amide bonds. The minimum absolute atomic E-state index is 0.243. The third-order valence-corrected chi connectivity index (χ3v) is 3.98. The van der Waals surface area contributed by atoms with E-state index in [0.717, 1.165) is 5.56 Å². The van der Waals surface area contributed by atoms with Crippen molar-refractivity contribution >= 4 is 17.4 Å². The summed E-state index contributed by atoms with van der Waals surface area (Å²) in [5, 5.41) is 10.6. The maximum Gasteiger partial charge on any atom is 0.255 e. The summed E-state index contributed by atoms with van der Waals surface area (Å²) in [5.74, 6) is 1.53. The van der Waals surface area contributed by atoms with E-state index in [1.165, 1.54) is 0 Å². The Kier molecular flexibility index (Phi) is 4.51. The van der Waals surface area contributed by atoms with Gasteiger partial charge in [-0.15, -0.1) is 10.2 Å². The van der Waals surface area contributed by atoms with Gasteiger partial charge in [0.15, 0.2) is 5.82 Å². The predicted octanol–water partition coefficient (Wildman–Crippen LogP) is 3.34. The second kappa shape index (κ2) is 7.28. The van der Waals surface area contributed by atoms with E-state index in [-0.39, 0.29) is 5.91 Å². The molecule has 2 aromatic carbocycles. The maximum atomic E-state index is 12.6. The van der Waals surface area contributed by atoms with Crippen molar-refractivity contribution in [2.75, 3.05) is 11.1 Å². The number of nitrogens with zero attached hydrogens (tertiary/aromatic N) is 4. The number of nitrogens with two attached hydrogens (primary N) is 1. The normalized spacial score (nSPS) is 10.6. The van der Waals surface area contributed by atoms with Crippen LogP contribution in [0.25, 0.3) is 22.8 Å². The highest BCUT2D eigenvalue weighted by molar-refractivity contribution is 6.04. The van der Waals surface area contributed by atoms with Crippen LogP contribution in [0.1, 0.15) is 16.2 Å². The molecule has 0 radical (unpaired) electrons. The molecule has 0 spiro atoms. The molecule has 138 valence electrons. The van der Waals surface area contributed by atoms with Crippen LogP contribution in [-0.4, -0.2) is 26.1 Å². The Bertz CT molecular complexity index is 1140. The van der Waals surface area contributed by atoms with E-state index in [2.05, 4.69) is 25.5 Å². The number of hydrogen-bond acceptors (Lipinski definition) is 7. The average molecular weight is 372 g/mol. The summed E-state index contributed by atoms with van der Waals surface area (Å²) < 4.78 is 5.39. The van der Waals surface area contributed by atoms with Crippen molar-refractivity contribution in [3.8, 4) is 22.8 Å². The van der Waals surface area contributed by atoms with Gasteiger partial charge in [0, 0.05) is 35.5 Å². The van der Waals surface area contributed by atoms with Crippen molar-refractivity contribution in [1.29, 1.82) is 0 Å². The lowest BCUT2D eigenvalue weighted by atomic mass is 10.1. The Labute approximate surface area is 160 Å². The van der Waals surface area contributed by atoms with Gasteiger partial charge in [-0.3, -0.25) is 4.79 Å². The van der Waals surface area contributed by atoms with Crippen LogP contribution in [0.15, 0.2) is 65.2 Å². The van der Waals surface area contributed by atoms with Gasteiger partial charge in [-0.2, -0.15) is 0 Å². The van der Waals surface area contributed by atoms with E-state index in [1.54, 1.807) is 61.7 Å². The topological polar surface area (TPSA) is 120 Å². The van der Waals surface area contributed by atoms with E-state index >= 15 is 0 Å². The molecule has 0 atom stereocenters. The van der Waals surface area contributed by atoms with Gasteiger partial charge in [-0.25, -0.2) is 9.97 Å². The molecular weight excluding hydrogens is 356 g/mol. The lowest BCUT2D eigenvalue weighted by Gasteiger charge is -2.07. The smallest absolute Gasteiger partial charge is 0.255 e. The molecule has 2 heterocycles. The van der Waals surface area contributed by atoms with Crippen LogP contribution < -0.4 is 11.1 Å². The first-order valence-electron chi connectivity index (χ1n) is 8.49. The third-order valence-electron chi connectivity index (χ3n) is 3.98. The zero-order valence-corrected chi connectivity index (χ0v) is 15.0. The van der Waals surface area contributed by atoms with Crippen molar-refractivity contribution in [2.45, 2.75) is 6.92 Å². The number of nitrogens with one attached hydrogen (secondary N) is 1. The van der Waals surface area contributed by atoms with E-state index in [4.69, 9.17) is 10.2 Å².